The summed E-state index contributed by atoms with van der Waals surface area (Å²) in [6, 6.07) is 18.8. The van der Waals surface area contributed by atoms with Crippen LogP contribution in [0.15, 0.2) is 60.7 Å². The van der Waals surface area contributed by atoms with Crippen LogP contribution in [0.2, 0.25) is 0 Å². The number of carbonyl (C=O) groups is 2. The Morgan fingerprint density at radius 2 is 1.59 bits per heavy atom. The summed E-state index contributed by atoms with van der Waals surface area (Å²) in [7, 11) is 0. The highest BCUT2D eigenvalue weighted by atomic mass is 16.2. The minimum absolute atomic E-state index is 0.00390. The van der Waals surface area contributed by atoms with E-state index in [1.165, 1.54) is 0 Å². The smallest absolute Gasteiger partial charge is 0.258 e. The number of para-hydroxylation sites is 2. The van der Waals surface area contributed by atoms with Crippen LogP contribution in [0.25, 0.3) is 10.9 Å². The zero-order valence-corrected chi connectivity index (χ0v) is 15.6. The lowest BCUT2D eigenvalue weighted by atomic mass is 10.0. The van der Waals surface area contributed by atoms with Crippen LogP contribution in [-0.2, 0) is 4.79 Å². The van der Waals surface area contributed by atoms with Crippen molar-refractivity contribution in [2.45, 2.75) is 26.3 Å². The fourth-order valence-electron chi connectivity index (χ4n) is 3.36. The Hall–Kier alpha value is -3.21. The van der Waals surface area contributed by atoms with Crippen molar-refractivity contribution < 1.29 is 9.59 Å². The highest BCUT2D eigenvalue weighted by Crippen LogP contribution is 2.34. The molecule has 5 heteroatoms. The zero-order valence-electron chi connectivity index (χ0n) is 15.6. The molecule has 0 atom stereocenters. The Morgan fingerprint density at radius 3 is 2.30 bits per heavy atom. The van der Waals surface area contributed by atoms with E-state index in [9.17, 15) is 9.59 Å². The summed E-state index contributed by atoms with van der Waals surface area (Å²) < 4.78 is 0. The minimum atomic E-state index is -0.484. The second-order valence-electron chi connectivity index (χ2n) is 7.68. The number of fused-ring (bicyclic) bond motifs is 2. The second-order valence-corrected chi connectivity index (χ2v) is 7.68. The van der Waals surface area contributed by atoms with Gasteiger partial charge in [-0.15, -0.1) is 0 Å². The van der Waals surface area contributed by atoms with Crippen molar-refractivity contribution in [3.8, 4) is 0 Å². The van der Waals surface area contributed by atoms with Gasteiger partial charge in [-0.25, -0.2) is 4.98 Å². The van der Waals surface area contributed by atoms with E-state index in [0.717, 1.165) is 10.9 Å². The predicted molar refractivity (Wildman–Crippen MR) is 106 cm³/mol. The SMILES string of the molecule is CC(C)(C)N1CC(=O)N(c2ccccc2)c2nc3ccccc3cc2C1=O. The predicted octanol–water partition coefficient (Wildman–Crippen LogP) is 4.15. The summed E-state index contributed by atoms with van der Waals surface area (Å²) >= 11 is 0. The van der Waals surface area contributed by atoms with Gasteiger partial charge < -0.3 is 4.90 Å². The Kier molecular flexibility index (Phi) is 3.95. The fraction of sp³-hybridized carbons (Fsp3) is 0.227. The summed E-state index contributed by atoms with van der Waals surface area (Å²) in [5.74, 6) is 0.0372. The van der Waals surface area contributed by atoms with E-state index in [1.54, 1.807) is 9.80 Å². The van der Waals surface area contributed by atoms with E-state index in [2.05, 4.69) is 0 Å². The Balaban J connectivity index is 2.01. The highest BCUT2D eigenvalue weighted by molar-refractivity contribution is 6.13. The first-order valence-electron chi connectivity index (χ1n) is 8.96. The summed E-state index contributed by atoms with van der Waals surface area (Å²) in [6.45, 7) is 5.81. The van der Waals surface area contributed by atoms with Crippen LogP contribution in [0.5, 0.6) is 0 Å². The van der Waals surface area contributed by atoms with Gasteiger partial charge in [0.05, 0.1) is 16.8 Å². The zero-order chi connectivity index (χ0) is 19.2. The van der Waals surface area contributed by atoms with Crippen LogP contribution in [0.1, 0.15) is 31.1 Å². The Bertz CT molecular complexity index is 1040. The number of benzene rings is 2. The van der Waals surface area contributed by atoms with Crippen molar-refractivity contribution in [3.63, 3.8) is 0 Å². The van der Waals surface area contributed by atoms with Crippen molar-refractivity contribution in [3.05, 3.63) is 66.2 Å². The number of pyridine rings is 1. The van der Waals surface area contributed by atoms with Gasteiger partial charge in [-0.1, -0.05) is 36.4 Å². The van der Waals surface area contributed by atoms with Crippen molar-refractivity contribution in [2.75, 3.05) is 11.4 Å². The molecule has 1 aromatic heterocycles. The van der Waals surface area contributed by atoms with Gasteiger partial charge >= 0.3 is 0 Å². The van der Waals surface area contributed by atoms with E-state index < -0.39 is 5.54 Å². The molecule has 2 aromatic carbocycles. The van der Waals surface area contributed by atoms with Crippen LogP contribution < -0.4 is 4.90 Å². The molecule has 0 spiro atoms. The normalized spacial score (nSPS) is 15.1. The quantitative estimate of drug-likeness (QED) is 0.656. The molecule has 0 aliphatic carbocycles. The van der Waals surface area contributed by atoms with Gasteiger partial charge in [0.15, 0.2) is 5.82 Å². The van der Waals surface area contributed by atoms with E-state index in [4.69, 9.17) is 4.98 Å². The van der Waals surface area contributed by atoms with Gasteiger partial charge in [-0.05, 0) is 45.0 Å². The van der Waals surface area contributed by atoms with Crippen molar-refractivity contribution in [1.29, 1.82) is 0 Å². The van der Waals surface area contributed by atoms with Gasteiger partial charge in [-0.2, -0.15) is 0 Å². The third-order valence-electron chi connectivity index (χ3n) is 4.76. The molecule has 1 aliphatic heterocycles. The van der Waals surface area contributed by atoms with Crippen LogP contribution in [0, 0.1) is 0 Å². The Labute approximate surface area is 158 Å². The number of amides is 2. The van der Waals surface area contributed by atoms with Crippen molar-refractivity contribution in [2.24, 2.45) is 0 Å². The molecule has 1 aliphatic rings. The first-order valence-corrected chi connectivity index (χ1v) is 8.96. The molecular formula is C22H21N3O2. The number of hydrogen-bond donors (Lipinski definition) is 0. The molecule has 0 radical (unpaired) electrons. The largest absolute Gasteiger partial charge is 0.324 e. The number of rotatable bonds is 1. The van der Waals surface area contributed by atoms with Gasteiger partial charge in [0, 0.05) is 10.9 Å². The lowest BCUT2D eigenvalue weighted by Gasteiger charge is -2.34. The van der Waals surface area contributed by atoms with E-state index in [-0.39, 0.29) is 18.4 Å². The third-order valence-corrected chi connectivity index (χ3v) is 4.76. The molecule has 2 amide bonds. The van der Waals surface area contributed by atoms with Crippen LogP contribution >= 0.6 is 0 Å². The van der Waals surface area contributed by atoms with Crippen LogP contribution in [0.3, 0.4) is 0 Å². The molecule has 0 saturated carbocycles. The maximum Gasteiger partial charge on any atom is 0.258 e. The molecule has 0 fully saturated rings. The average molecular weight is 359 g/mol. The van der Waals surface area contributed by atoms with Crippen LogP contribution in [-0.4, -0.2) is 33.8 Å². The maximum absolute atomic E-state index is 13.4. The first kappa shape index (κ1) is 17.2. The number of nitrogens with zero attached hydrogens (tertiary/aromatic N) is 3. The maximum atomic E-state index is 13.4. The molecule has 0 unspecified atom stereocenters. The third kappa shape index (κ3) is 2.95. The van der Waals surface area contributed by atoms with Crippen molar-refractivity contribution >= 4 is 34.2 Å². The monoisotopic (exact) mass is 359 g/mol. The van der Waals surface area contributed by atoms with E-state index in [1.807, 2.05) is 81.4 Å². The number of hydrogen-bond acceptors (Lipinski definition) is 3. The van der Waals surface area contributed by atoms with Gasteiger partial charge in [0.1, 0.15) is 6.54 Å². The molecule has 0 saturated heterocycles. The molecule has 3 aromatic rings. The van der Waals surface area contributed by atoms with Crippen LogP contribution in [0.4, 0.5) is 11.5 Å². The van der Waals surface area contributed by atoms with Gasteiger partial charge in [0.25, 0.3) is 11.8 Å². The summed E-state index contributed by atoms with van der Waals surface area (Å²) in [4.78, 5) is 34.5. The molecule has 5 nitrogen and oxygen atoms in total. The summed E-state index contributed by atoms with van der Waals surface area (Å²) in [6.07, 6.45) is 0. The second kappa shape index (κ2) is 6.20. The molecular weight excluding hydrogens is 338 g/mol. The summed E-state index contributed by atoms with van der Waals surface area (Å²) in [5, 5.41) is 0.876. The lowest BCUT2D eigenvalue weighted by molar-refractivity contribution is -0.119. The Morgan fingerprint density at radius 1 is 0.926 bits per heavy atom. The molecule has 27 heavy (non-hydrogen) atoms. The number of anilines is 2. The number of aromatic nitrogens is 1. The fourth-order valence-corrected chi connectivity index (χ4v) is 3.36. The molecule has 136 valence electrons. The van der Waals surface area contributed by atoms with E-state index in [0.29, 0.717) is 17.1 Å². The van der Waals surface area contributed by atoms with E-state index >= 15 is 0 Å². The number of carbonyl (C=O) groups excluding carboxylic acids is 2. The molecule has 0 bridgehead atoms. The standard InChI is InChI=1S/C22H21N3O2/c1-22(2,3)24-14-19(26)25(16-10-5-4-6-11-16)20-17(21(24)27)13-15-9-7-8-12-18(15)23-20/h4-13H,14H2,1-3H3. The molecule has 0 N–H and O–H groups in total. The molecule has 2 heterocycles. The minimum Gasteiger partial charge on any atom is -0.324 e. The summed E-state index contributed by atoms with van der Waals surface area (Å²) in [5.41, 5.74) is 1.41. The van der Waals surface area contributed by atoms with Gasteiger partial charge in [-0.3, -0.25) is 14.5 Å². The van der Waals surface area contributed by atoms with Crippen molar-refractivity contribution in [1.82, 2.24) is 9.88 Å². The topological polar surface area (TPSA) is 53.5 Å². The molecule has 4 rings (SSSR count). The van der Waals surface area contributed by atoms with Gasteiger partial charge in [0.2, 0.25) is 0 Å². The first-order chi connectivity index (χ1) is 12.9. The average Bonchev–Trinajstić information content (AvgIpc) is 2.75. The highest BCUT2D eigenvalue weighted by Gasteiger charge is 2.38. The lowest BCUT2D eigenvalue weighted by Crippen LogP contribution is -2.48.